The normalized spacial score (nSPS) is 19.1. The van der Waals surface area contributed by atoms with E-state index in [4.69, 9.17) is 0 Å². The van der Waals surface area contributed by atoms with Gasteiger partial charge in [0.1, 0.15) is 23.1 Å². The molecule has 0 spiro atoms. The lowest BCUT2D eigenvalue weighted by atomic mass is 10.2. The predicted octanol–water partition coefficient (Wildman–Crippen LogP) is -0.880. The Morgan fingerprint density at radius 3 is 2.44 bits per heavy atom. The third kappa shape index (κ3) is 1.37. The molecule has 16 heavy (non-hydrogen) atoms. The van der Waals surface area contributed by atoms with Gasteiger partial charge in [0.2, 0.25) is 0 Å². The van der Waals surface area contributed by atoms with Crippen molar-refractivity contribution in [2.45, 2.75) is 0 Å². The predicted molar refractivity (Wildman–Crippen MR) is 62.0 cm³/mol. The number of aromatic nitrogens is 2. The first kappa shape index (κ1) is 9.38. The molecule has 2 aliphatic heterocycles. The number of aliphatic imine (C=N–C) groups is 2. The van der Waals surface area contributed by atoms with Crippen LogP contribution < -0.4 is 10.6 Å². The van der Waals surface area contributed by atoms with Gasteiger partial charge in [0.05, 0.1) is 19.4 Å². The van der Waals surface area contributed by atoms with Gasteiger partial charge in [0.25, 0.3) is 0 Å². The van der Waals surface area contributed by atoms with Crippen LogP contribution in [0.15, 0.2) is 16.3 Å². The Balaban J connectivity index is 2.05. The minimum atomic E-state index is 0.825. The van der Waals surface area contributed by atoms with Gasteiger partial charge in [0.15, 0.2) is 0 Å². The molecule has 1 aromatic rings. The smallest absolute Gasteiger partial charge is 0.149 e. The second kappa shape index (κ2) is 3.62. The number of nitrogens with zero attached hydrogens (tertiary/aromatic N) is 4. The van der Waals surface area contributed by atoms with Crippen LogP contribution in [-0.4, -0.2) is 47.4 Å². The zero-order valence-corrected chi connectivity index (χ0v) is 9.19. The van der Waals surface area contributed by atoms with E-state index in [1.807, 2.05) is 11.6 Å². The van der Waals surface area contributed by atoms with Gasteiger partial charge in [-0.15, -0.1) is 0 Å². The van der Waals surface area contributed by atoms with Gasteiger partial charge in [-0.2, -0.15) is 0 Å². The van der Waals surface area contributed by atoms with Gasteiger partial charge in [-0.05, 0) is 0 Å². The second-order valence-electron chi connectivity index (χ2n) is 3.87. The van der Waals surface area contributed by atoms with Crippen molar-refractivity contribution in [3.05, 3.63) is 17.7 Å². The van der Waals surface area contributed by atoms with E-state index in [0.717, 1.165) is 49.2 Å². The van der Waals surface area contributed by atoms with Gasteiger partial charge in [-0.1, -0.05) is 0 Å². The molecule has 2 aliphatic rings. The van der Waals surface area contributed by atoms with Gasteiger partial charge in [0, 0.05) is 20.1 Å². The van der Waals surface area contributed by atoms with Gasteiger partial charge < -0.3 is 15.2 Å². The first-order valence-corrected chi connectivity index (χ1v) is 5.45. The molecule has 0 saturated carbocycles. The van der Waals surface area contributed by atoms with Crippen LogP contribution >= 0.6 is 0 Å². The summed E-state index contributed by atoms with van der Waals surface area (Å²) in [5, 5.41) is 6.51. The SMILES string of the molecule is Cn1cnc(C2=NCCN2)c1C1=NCCN1. The molecule has 0 aliphatic carbocycles. The summed E-state index contributed by atoms with van der Waals surface area (Å²) in [7, 11) is 1.98. The van der Waals surface area contributed by atoms with Crippen LogP contribution in [0.25, 0.3) is 0 Å². The monoisotopic (exact) mass is 218 g/mol. The van der Waals surface area contributed by atoms with Crippen molar-refractivity contribution in [2.24, 2.45) is 17.0 Å². The van der Waals surface area contributed by atoms with Gasteiger partial charge in [-0.25, -0.2) is 4.98 Å². The average Bonchev–Trinajstić information content (AvgIpc) is 2.96. The van der Waals surface area contributed by atoms with Crippen LogP contribution in [-0.2, 0) is 7.05 Å². The zero-order valence-electron chi connectivity index (χ0n) is 9.19. The molecular formula is C10H14N6. The zero-order chi connectivity index (χ0) is 11.0. The van der Waals surface area contributed by atoms with Crippen molar-refractivity contribution in [2.75, 3.05) is 26.2 Å². The minimum Gasteiger partial charge on any atom is -0.367 e. The molecule has 0 saturated heterocycles. The summed E-state index contributed by atoms with van der Waals surface area (Å²) in [4.78, 5) is 13.2. The first-order chi connectivity index (χ1) is 7.86. The summed E-state index contributed by atoms with van der Waals surface area (Å²) in [6.07, 6.45) is 1.80. The van der Waals surface area contributed by atoms with Crippen LogP contribution in [0.4, 0.5) is 0 Å². The van der Waals surface area contributed by atoms with Gasteiger partial charge in [-0.3, -0.25) is 9.98 Å². The van der Waals surface area contributed by atoms with E-state index >= 15 is 0 Å². The van der Waals surface area contributed by atoms with Crippen molar-refractivity contribution in [1.82, 2.24) is 20.2 Å². The first-order valence-electron chi connectivity index (χ1n) is 5.45. The van der Waals surface area contributed by atoms with Crippen molar-refractivity contribution < 1.29 is 0 Å². The Bertz CT molecular complexity index is 470. The number of amidine groups is 2. The lowest BCUT2D eigenvalue weighted by molar-refractivity contribution is 0.890. The minimum absolute atomic E-state index is 0.825. The fourth-order valence-corrected chi connectivity index (χ4v) is 2.00. The Hall–Kier alpha value is -1.85. The van der Waals surface area contributed by atoms with E-state index in [-0.39, 0.29) is 0 Å². The van der Waals surface area contributed by atoms with Crippen molar-refractivity contribution in [3.63, 3.8) is 0 Å². The molecule has 3 rings (SSSR count). The van der Waals surface area contributed by atoms with Crippen molar-refractivity contribution in [1.29, 1.82) is 0 Å². The molecule has 0 fully saturated rings. The van der Waals surface area contributed by atoms with E-state index in [2.05, 4.69) is 25.6 Å². The second-order valence-corrected chi connectivity index (χ2v) is 3.87. The van der Waals surface area contributed by atoms with E-state index in [1.54, 1.807) is 6.33 Å². The average molecular weight is 218 g/mol. The Morgan fingerprint density at radius 1 is 1.12 bits per heavy atom. The molecule has 6 nitrogen and oxygen atoms in total. The molecule has 0 amide bonds. The molecule has 2 N–H and O–H groups in total. The summed E-state index contributed by atoms with van der Waals surface area (Å²) in [6, 6.07) is 0. The molecule has 6 heteroatoms. The third-order valence-corrected chi connectivity index (χ3v) is 2.73. The molecule has 0 radical (unpaired) electrons. The Kier molecular flexibility index (Phi) is 2.12. The molecule has 0 atom stereocenters. The van der Waals surface area contributed by atoms with Crippen molar-refractivity contribution >= 4 is 11.7 Å². The molecule has 0 bridgehead atoms. The molecule has 0 aromatic carbocycles. The quantitative estimate of drug-likeness (QED) is 0.677. The fraction of sp³-hybridized carbons (Fsp3) is 0.500. The lowest BCUT2D eigenvalue weighted by Gasteiger charge is -2.06. The van der Waals surface area contributed by atoms with E-state index in [0.29, 0.717) is 0 Å². The van der Waals surface area contributed by atoms with E-state index in [9.17, 15) is 0 Å². The number of nitrogens with one attached hydrogen (secondary N) is 2. The highest BCUT2D eigenvalue weighted by Gasteiger charge is 2.22. The van der Waals surface area contributed by atoms with Crippen molar-refractivity contribution in [3.8, 4) is 0 Å². The number of hydrogen-bond acceptors (Lipinski definition) is 5. The number of hydrogen-bond donors (Lipinski definition) is 2. The fourth-order valence-electron chi connectivity index (χ4n) is 2.00. The Morgan fingerprint density at radius 2 is 1.81 bits per heavy atom. The summed E-state index contributed by atoms with van der Waals surface area (Å²) in [5.41, 5.74) is 1.92. The molecule has 0 unspecified atom stereocenters. The summed E-state index contributed by atoms with van der Waals surface area (Å²) < 4.78 is 1.98. The summed E-state index contributed by atoms with van der Waals surface area (Å²) >= 11 is 0. The Labute approximate surface area is 93.5 Å². The maximum atomic E-state index is 4.43. The van der Waals surface area contributed by atoms with Crippen LogP contribution in [0.5, 0.6) is 0 Å². The summed E-state index contributed by atoms with van der Waals surface area (Å²) in [6.45, 7) is 3.45. The van der Waals surface area contributed by atoms with Crippen LogP contribution in [0, 0.1) is 0 Å². The number of rotatable bonds is 2. The number of imidazole rings is 1. The van der Waals surface area contributed by atoms with E-state index in [1.165, 1.54) is 0 Å². The van der Waals surface area contributed by atoms with Gasteiger partial charge >= 0.3 is 0 Å². The van der Waals surface area contributed by atoms with Crippen LogP contribution in [0.3, 0.4) is 0 Å². The molecule has 84 valence electrons. The van der Waals surface area contributed by atoms with E-state index < -0.39 is 0 Å². The standard InChI is InChI=1S/C10H14N6/c1-16-6-15-7(9-11-2-3-12-9)8(16)10-13-4-5-14-10/h6H,2-5H2,1H3,(H,11,12)(H,13,14). The molecular weight excluding hydrogens is 204 g/mol. The lowest BCUT2D eigenvalue weighted by Crippen LogP contribution is -2.27. The highest BCUT2D eigenvalue weighted by Crippen LogP contribution is 2.10. The highest BCUT2D eigenvalue weighted by atomic mass is 15.2. The third-order valence-electron chi connectivity index (χ3n) is 2.73. The largest absolute Gasteiger partial charge is 0.367 e. The topological polar surface area (TPSA) is 66.6 Å². The van der Waals surface area contributed by atoms with Crippen LogP contribution in [0.1, 0.15) is 11.4 Å². The maximum absolute atomic E-state index is 4.43. The maximum Gasteiger partial charge on any atom is 0.149 e. The highest BCUT2D eigenvalue weighted by molar-refractivity contribution is 6.09. The number of aryl methyl sites for hydroxylation is 1. The molecule has 3 heterocycles. The summed E-state index contributed by atoms with van der Waals surface area (Å²) in [5.74, 6) is 1.80. The van der Waals surface area contributed by atoms with Crippen LogP contribution in [0.2, 0.25) is 0 Å². The molecule has 1 aromatic heterocycles.